The van der Waals surface area contributed by atoms with Crippen molar-refractivity contribution in [3.05, 3.63) is 49.6 Å². The highest BCUT2D eigenvalue weighted by Crippen LogP contribution is 2.68. The number of nitrogens with zero attached hydrogens (tertiary/aromatic N) is 3. The Kier molecular flexibility index (Phi) is 10.6. The number of hydrogen-bond donors (Lipinski definition) is 1. The van der Waals surface area contributed by atoms with Crippen LogP contribution in [-0.2, 0) is 14.4 Å². The number of amides is 3. The third kappa shape index (κ3) is 5.84. The summed E-state index contributed by atoms with van der Waals surface area (Å²) in [4.78, 5) is 47.8. The molecular weight excluding hydrogens is 606 g/mol. The van der Waals surface area contributed by atoms with Gasteiger partial charge in [0.1, 0.15) is 11.8 Å². The number of fused-ring (bicyclic) bond motifs is 1. The molecule has 1 aromatic carbocycles. The number of benzene rings is 1. The smallest absolute Gasteiger partial charge is 0.247 e. The van der Waals surface area contributed by atoms with Gasteiger partial charge in [0.05, 0.1) is 29.8 Å². The van der Waals surface area contributed by atoms with E-state index in [1.54, 1.807) is 38.6 Å². The summed E-state index contributed by atoms with van der Waals surface area (Å²) in [5.41, 5.74) is 0.699. The van der Waals surface area contributed by atoms with Crippen LogP contribution in [0.5, 0.6) is 5.75 Å². The van der Waals surface area contributed by atoms with Crippen LogP contribution in [-0.4, -0.2) is 92.9 Å². The van der Waals surface area contributed by atoms with Gasteiger partial charge in [-0.05, 0) is 44.0 Å². The molecule has 1 spiro atoms. The lowest BCUT2D eigenvalue weighted by Gasteiger charge is -2.38. The Morgan fingerprint density at radius 1 is 1.17 bits per heavy atom. The maximum atomic E-state index is 14.4. The number of halogens is 1. The zero-order valence-corrected chi connectivity index (χ0v) is 26.4. The number of aliphatic hydroxyl groups is 1. The molecule has 4 rings (SSSR count). The second kappa shape index (κ2) is 13.8. The topological polar surface area (TPSA) is 90.4 Å². The minimum atomic E-state index is -0.759. The molecule has 0 aliphatic carbocycles. The van der Waals surface area contributed by atoms with E-state index >= 15 is 0 Å². The predicted molar refractivity (Wildman–Crippen MR) is 167 cm³/mol. The molecule has 3 unspecified atom stereocenters. The van der Waals surface area contributed by atoms with Crippen LogP contribution < -0.4 is 9.64 Å². The van der Waals surface area contributed by atoms with Crippen LogP contribution in [0.3, 0.4) is 0 Å². The van der Waals surface area contributed by atoms with E-state index in [1.807, 2.05) is 31.2 Å². The molecule has 1 aromatic rings. The number of carbonyl (C=O) groups excluding carboxylic acids is 3. The summed E-state index contributed by atoms with van der Waals surface area (Å²) >= 11 is 5.44. The van der Waals surface area contributed by atoms with E-state index in [2.05, 4.69) is 36.0 Å². The Balaban J connectivity index is 1.71. The molecular formula is C31H42BrN3O5S. The van der Waals surface area contributed by atoms with Gasteiger partial charge in [0.2, 0.25) is 17.7 Å². The van der Waals surface area contributed by atoms with Gasteiger partial charge >= 0.3 is 0 Å². The van der Waals surface area contributed by atoms with Gasteiger partial charge in [-0.1, -0.05) is 47.8 Å². The Morgan fingerprint density at radius 3 is 2.49 bits per heavy atom. The van der Waals surface area contributed by atoms with Gasteiger partial charge in [-0.15, -0.1) is 24.9 Å². The van der Waals surface area contributed by atoms with Crippen LogP contribution in [0.1, 0.15) is 39.5 Å². The van der Waals surface area contributed by atoms with Crippen LogP contribution in [0.4, 0.5) is 5.69 Å². The highest BCUT2D eigenvalue weighted by atomic mass is 79.9. The lowest BCUT2D eigenvalue weighted by Crippen LogP contribution is -2.56. The second-order valence-corrected chi connectivity index (χ2v) is 13.6. The lowest BCUT2D eigenvalue weighted by atomic mass is 9.70. The molecule has 2 bridgehead atoms. The summed E-state index contributed by atoms with van der Waals surface area (Å²) in [6.45, 7) is 13.4. The van der Waals surface area contributed by atoms with E-state index < -0.39 is 22.6 Å². The second-order valence-electron chi connectivity index (χ2n) is 10.9. The maximum Gasteiger partial charge on any atom is 0.247 e. The van der Waals surface area contributed by atoms with Crippen LogP contribution in [0, 0.1) is 11.8 Å². The zero-order chi connectivity index (χ0) is 29.7. The minimum Gasteiger partial charge on any atom is -0.494 e. The van der Waals surface area contributed by atoms with Crippen molar-refractivity contribution in [2.75, 3.05) is 44.3 Å². The SMILES string of the molecule is C=CCN(CCCCC)C(=O)C1N(CCO)C(=O)[C@@H]2[C@@H](C(=O)N(CC=C)c3ccc(OCC)cc3)[C@@H]3SC12CC3Br. The first-order valence-electron chi connectivity index (χ1n) is 14.6. The number of carbonyl (C=O) groups is 3. The average Bonchev–Trinajstić information content (AvgIpc) is 3.55. The van der Waals surface area contributed by atoms with E-state index in [0.717, 1.165) is 19.3 Å². The molecule has 3 heterocycles. The molecule has 1 N–H and O–H groups in total. The fraction of sp³-hybridized carbons (Fsp3) is 0.581. The first kappa shape index (κ1) is 31.6. The summed E-state index contributed by atoms with van der Waals surface area (Å²) in [7, 11) is 0. The molecule has 3 fully saturated rings. The quantitative estimate of drug-likeness (QED) is 0.174. The van der Waals surface area contributed by atoms with Crippen molar-refractivity contribution >= 4 is 51.1 Å². The largest absolute Gasteiger partial charge is 0.494 e. The number of β-amino-alcohol motifs (C(OH)–C–C–N with tert-alkyl or cyclic N) is 1. The fourth-order valence-corrected chi connectivity index (χ4v) is 10.3. The molecule has 0 radical (unpaired) electrons. The molecule has 8 nitrogen and oxygen atoms in total. The molecule has 10 heteroatoms. The predicted octanol–water partition coefficient (Wildman–Crippen LogP) is 4.27. The van der Waals surface area contributed by atoms with E-state index in [-0.39, 0.29) is 47.5 Å². The van der Waals surface area contributed by atoms with Crippen molar-refractivity contribution in [2.24, 2.45) is 11.8 Å². The van der Waals surface area contributed by atoms with Crippen molar-refractivity contribution in [3.8, 4) is 5.75 Å². The molecule has 0 saturated carbocycles. The van der Waals surface area contributed by atoms with Gasteiger partial charge < -0.3 is 24.5 Å². The van der Waals surface area contributed by atoms with E-state index in [1.165, 1.54) is 0 Å². The molecule has 41 heavy (non-hydrogen) atoms. The number of anilines is 1. The summed E-state index contributed by atoms with van der Waals surface area (Å²) in [6, 6.07) is 6.60. The number of aliphatic hydroxyl groups excluding tert-OH is 1. The Labute approximate surface area is 256 Å². The van der Waals surface area contributed by atoms with E-state index in [9.17, 15) is 19.5 Å². The van der Waals surface area contributed by atoms with E-state index in [0.29, 0.717) is 37.6 Å². The lowest BCUT2D eigenvalue weighted by molar-refractivity contribution is -0.143. The minimum absolute atomic E-state index is 0.0336. The van der Waals surface area contributed by atoms with Gasteiger partial charge in [-0.25, -0.2) is 0 Å². The van der Waals surface area contributed by atoms with Crippen LogP contribution in [0.15, 0.2) is 49.6 Å². The van der Waals surface area contributed by atoms with Gasteiger partial charge in [0.25, 0.3) is 0 Å². The first-order valence-corrected chi connectivity index (χ1v) is 16.4. The van der Waals surface area contributed by atoms with Gasteiger partial charge in [0.15, 0.2) is 0 Å². The fourth-order valence-electron chi connectivity index (χ4n) is 6.73. The van der Waals surface area contributed by atoms with Crippen molar-refractivity contribution < 1.29 is 24.2 Å². The molecule has 3 aliphatic heterocycles. The number of rotatable bonds is 15. The zero-order valence-electron chi connectivity index (χ0n) is 24.0. The van der Waals surface area contributed by atoms with Crippen LogP contribution in [0.25, 0.3) is 0 Å². The highest BCUT2D eigenvalue weighted by Gasteiger charge is 2.76. The summed E-state index contributed by atoms with van der Waals surface area (Å²) in [5, 5.41) is 9.78. The first-order chi connectivity index (χ1) is 19.8. The van der Waals surface area contributed by atoms with Crippen LogP contribution in [0.2, 0.25) is 0 Å². The van der Waals surface area contributed by atoms with Crippen molar-refractivity contribution in [1.82, 2.24) is 9.80 Å². The number of likely N-dealkylation sites (tertiary alicyclic amines) is 1. The highest BCUT2D eigenvalue weighted by molar-refractivity contribution is 9.09. The normalized spacial score (nSPS) is 28.0. The average molecular weight is 649 g/mol. The van der Waals surface area contributed by atoms with Crippen molar-refractivity contribution in [1.29, 1.82) is 0 Å². The summed E-state index contributed by atoms with van der Waals surface area (Å²) in [6.07, 6.45) is 6.89. The maximum absolute atomic E-state index is 14.4. The van der Waals surface area contributed by atoms with Crippen molar-refractivity contribution in [3.63, 3.8) is 0 Å². The Bertz CT molecular complexity index is 1130. The van der Waals surface area contributed by atoms with Crippen LogP contribution >= 0.6 is 27.7 Å². The molecule has 3 aliphatic rings. The number of alkyl halides is 1. The standard InChI is InChI=1S/C31H42BrN3O5S/c1-5-9-10-17-33(15-6-2)30(39)27-31-20-23(32)26(41-31)24(25(31)29(38)35(27)18-19-36)28(37)34(16-7-3)21-11-13-22(14-12-21)40-8-4/h6-7,11-14,23-27,36H,2-3,5,8-10,15-20H2,1,4H3/t23?,24-,25+,26-,27?,31?/m1/s1. The van der Waals surface area contributed by atoms with Crippen molar-refractivity contribution in [2.45, 2.75) is 60.4 Å². The monoisotopic (exact) mass is 647 g/mol. The molecule has 6 atom stereocenters. The number of ether oxygens (including phenoxy) is 1. The summed E-state index contributed by atoms with van der Waals surface area (Å²) < 4.78 is 4.82. The molecule has 3 saturated heterocycles. The van der Waals surface area contributed by atoms with Gasteiger partial charge in [-0.2, -0.15) is 0 Å². The Morgan fingerprint density at radius 2 is 1.88 bits per heavy atom. The Hall–Kier alpha value is -2.30. The van der Waals surface area contributed by atoms with Gasteiger partial charge in [0, 0.05) is 41.9 Å². The third-order valence-electron chi connectivity index (χ3n) is 8.38. The van der Waals surface area contributed by atoms with E-state index in [4.69, 9.17) is 4.74 Å². The molecule has 224 valence electrons. The van der Waals surface area contributed by atoms with Gasteiger partial charge in [-0.3, -0.25) is 14.4 Å². The number of unbranched alkanes of at least 4 members (excludes halogenated alkanes) is 2. The summed E-state index contributed by atoms with van der Waals surface area (Å²) in [5.74, 6) is -1.06. The molecule has 3 amide bonds. The number of hydrogen-bond acceptors (Lipinski definition) is 6. The number of thioether (sulfide) groups is 1. The molecule has 0 aromatic heterocycles. The third-order valence-corrected chi connectivity index (χ3v) is 11.6.